The van der Waals surface area contributed by atoms with E-state index in [-0.39, 0.29) is 0 Å². The Morgan fingerprint density at radius 3 is 0.918 bits per heavy atom. The van der Waals surface area contributed by atoms with Gasteiger partial charge in [0.15, 0.2) is 0 Å². The first kappa shape index (κ1) is 54.6. The highest BCUT2D eigenvalue weighted by atomic mass is 16.3. The molecule has 21 rings (SSSR count). The van der Waals surface area contributed by atoms with Gasteiger partial charge in [0, 0.05) is 76.6 Å². The number of aromatic nitrogens is 4. The fourth-order valence-corrected chi connectivity index (χ4v) is 16.2. The molecule has 21 aromatic rings. The molecule has 452 valence electrons. The quantitative estimate of drug-likeness (QED) is 0.157. The summed E-state index contributed by atoms with van der Waals surface area (Å²) < 4.78 is 16.2. The fraction of sp³-hybridized carbons (Fsp3) is 0. The Balaban J connectivity index is 0.000000132. The van der Waals surface area contributed by atoms with Crippen LogP contribution in [0.3, 0.4) is 0 Å². The summed E-state index contributed by atoms with van der Waals surface area (Å²) in [5, 5.41) is 17.5. The maximum atomic E-state index is 6.30. The van der Waals surface area contributed by atoms with E-state index in [0.29, 0.717) is 0 Å². The molecular weight excluding hydrogens is 1180 g/mol. The zero-order valence-corrected chi connectivity index (χ0v) is 52.7. The molecule has 0 spiro atoms. The topological polar surface area (TPSA) is 32.9 Å². The molecule has 0 unspecified atom stereocenters. The predicted octanol–water partition coefficient (Wildman–Crippen LogP) is 25.0. The van der Waals surface area contributed by atoms with Crippen molar-refractivity contribution in [1.82, 2.24) is 18.3 Å². The van der Waals surface area contributed by atoms with Crippen molar-refractivity contribution >= 4 is 131 Å². The van der Waals surface area contributed by atoms with Crippen molar-refractivity contribution in [3.05, 3.63) is 352 Å². The van der Waals surface area contributed by atoms with Gasteiger partial charge in [-0.25, -0.2) is 0 Å². The summed E-state index contributed by atoms with van der Waals surface area (Å²) in [5.74, 6) is 0. The number of furan rings is 1. The largest absolute Gasteiger partial charge is 0.456 e. The SMILES string of the molecule is c1ccc(-c2cccc(-c3cccc(-n4c5ccccc5c5c6ccccc6c6c7ccccc7n(-c7ccccc7)c6c54)c3)c2)cc1.c1ccc(-n2c3ccccc3c3c4ccccc4c4c5ccccc5n(-c5cccc(-c6cccc7oc8ccccc8c67)c5)c4c32)cc1. The second kappa shape index (κ2) is 21.8. The van der Waals surface area contributed by atoms with Crippen molar-refractivity contribution in [1.29, 1.82) is 0 Å². The number of hydrogen-bond donors (Lipinski definition) is 0. The zero-order valence-electron chi connectivity index (χ0n) is 52.7. The van der Waals surface area contributed by atoms with Crippen LogP contribution < -0.4 is 0 Å². The van der Waals surface area contributed by atoms with Crippen LogP contribution in [0.2, 0.25) is 0 Å². The van der Waals surface area contributed by atoms with Crippen LogP contribution in [-0.4, -0.2) is 18.3 Å². The minimum Gasteiger partial charge on any atom is -0.456 e. The molecule has 0 amide bonds. The van der Waals surface area contributed by atoms with Gasteiger partial charge in [-0.2, -0.15) is 0 Å². The van der Waals surface area contributed by atoms with E-state index in [2.05, 4.69) is 364 Å². The molecule has 5 nitrogen and oxygen atoms in total. The number of rotatable bonds is 7. The van der Waals surface area contributed by atoms with Crippen LogP contribution in [0, 0.1) is 0 Å². The van der Waals surface area contributed by atoms with Crippen molar-refractivity contribution in [2.45, 2.75) is 0 Å². The molecule has 5 heteroatoms. The van der Waals surface area contributed by atoms with Crippen LogP contribution in [0.25, 0.3) is 187 Å². The van der Waals surface area contributed by atoms with E-state index < -0.39 is 0 Å². The monoisotopic (exact) mass is 1230 g/mol. The Hall–Kier alpha value is -13.0. The van der Waals surface area contributed by atoms with Crippen LogP contribution in [0.1, 0.15) is 0 Å². The van der Waals surface area contributed by atoms with Crippen LogP contribution in [0.5, 0.6) is 0 Å². The summed E-state index contributed by atoms with van der Waals surface area (Å²) in [7, 11) is 0. The number of nitrogens with zero attached hydrogens (tertiary/aromatic N) is 4. The number of fused-ring (bicyclic) bond motifs is 23. The van der Waals surface area contributed by atoms with Crippen LogP contribution in [0.4, 0.5) is 0 Å². The van der Waals surface area contributed by atoms with Gasteiger partial charge in [0.2, 0.25) is 0 Å². The highest BCUT2D eigenvalue weighted by molar-refractivity contribution is 6.38. The third-order valence-electron chi connectivity index (χ3n) is 20.1. The molecule has 0 saturated heterocycles. The van der Waals surface area contributed by atoms with Gasteiger partial charge in [-0.05, 0) is 146 Å². The van der Waals surface area contributed by atoms with E-state index in [4.69, 9.17) is 4.42 Å². The van der Waals surface area contributed by atoms with E-state index in [1.54, 1.807) is 0 Å². The zero-order chi connectivity index (χ0) is 63.7. The highest BCUT2D eigenvalue weighted by Gasteiger charge is 2.27. The lowest BCUT2D eigenvalue weighted by molar-refractivity contribution is 0.669. The number of hydrogen-bond acceptors (Lipinski definition) is 1. The fourth-order valence-electron chi connectivity index (χ4n) is 16.2. The second-order valence-corrected chi connectivity index (χ2v) is 25.4. The third kappa shape index (κ3) is 8.32. The highest BCUT2D eigenvalue weighted by Crippen LogP contribution is 2.50. The lowest BCUT2D eigenvalue weighted by Gasteiger charge is -2.15. The average Bonchev–Trinajstić information content (AvgIpc) is 1.54. The first-order valence-electron chi connectivity index (χ1n) is 33.3. The Kier molecular flexibility index (Phi) is 12.3. The summed E-state index contributed by atoms with van der Waals surface area (Å²) in [6.45, 7) is 0. The average molecular weight is 1240 g/mol. The Bertz CT molecular complexity index is 6740. The van der Waals surface area contributed by atoms with E-state index in [1.807, 2.05) is 6.07 Å². The molecule has 5 aromatic heterocycles. The third-order valence-corrected chi connectivity index (χ3v) is 20.1. The summed E-state index contributed by atoms with van der Waals surface area (Å²) >= 11 is 0. The van der Waals surface area contributed by atoms with Crippen molar-refractivity contribution < 1.29 is 4.42 Å². The van der Waals surface area contributed by atoms with Gasteiger partial charge in [-0.3, -0.25) is 0 Å². The summed E-state index contributed by atoms with van der Waals surface area (Å²) in [6, 6.07) is 127. The molecule has 0 aliphatic rings. The van der Waals surface area contributed by atoms with Crippen molar-refractivity contribution in [3.63, 3.8) is 0 Å². The van der Waals surface area contributed by atoms with E-state index in [9.17, 15) is 0 Å². The van der Waals surface area contributed by atoms with Gasteiger partial charge >= 0.3 is 0 Å². The minimum atomic E-state index is 0.904. The molecule has 0 bridgehead atoms. The lowest BCUT2D eigenvalue weighted by Crippen LogP contribution is -1.99. The Morgan fingerprint density at radius 1 is 0.175 bits per heavy atom. The second-order valence-electron chi connectivity index (χ2n) is 25.4. The summed E-state index contributed by atoms with van der Waals surface area (Å²) in [5.41, 5.74) is 23.2. The van der Waals surface area contributed by atoms with Crippen LogP contribution in [0.15, 0.2) is 356 Å². The van der Waals surface area contributed by atoms with Gasteiger partial charge in [0.1, 0.15) is 11.2 Å². The first-order valence-corrected chi connectivity index (χ1v) is 33.3. The maximum absolute atomic E-state index is 6.30. The molecule has 16 aromatic carbocycles. The molecule has 97 heavy (non-hydrogen) atoms. The molecule has 0 fully saturated rings. The molecule has 0 aliphatic carbocycles. The summed E-state index contributed by atoms with van der Waals surface area (Å²) in [4.78, 5) is 0. The number of para-hydroxylation sites is 7. The van der Waals surface area contributed by atoms with Crippen LogP contribution in [-0.2, 0) is 0 Å². The molecular formula is C92H58N4O. The molecule has 0 radical (unpaired) electrons. The molecule has 0 saturated carbocycles. The van der Waals surface area contributed by atoms with E-state index in [1.165, 1.54) is 137 Å². The lowest BCUT2D eigenvalue weighted by atomic mass is 9.98. The molecule has 0 aliphatic heterocycles. The molecule has 0 atom stereocenters. The van der Waals surface area contributed by atoms with Gasteiger partial charge < -0.3 is 22.7 Å². The van der Waals surface area contributed by atoms with Crippen molar-refractivity contribution in [3.8, 4) is 56.1 Å². The van der Waals surface area contributed by atoms with Gasteiger partial charge in [0.05, 0.1) is 44.1 Å². The number of benzene rings is 16. The standard InChI is InChI=1S/C46H28N2O.C46H30N2/c1-2-15-30(16-3-1)47-38-24-9-6-20-35(38)43-33-18-4-5-19-34(33)44-36-21-7-10-25-39(36)48(46(44)45(43)47)31-17-12-14-29(28-31)32-23-13-27-41-42(32)37-22-8-11-26-40(37)49-41;1-3-15-31(16-4-1)32-17-13-18-33(29-32)34-19-14-22-36(30-34)48-42-28-12-10-26-40(42)44-38-24-8-7-23-37(38)43-39-25-9-11-27-41(39)47(45(43)46(44)48)35-20-5-2-6-21-35/h1-28H;1-30H. The predicted molar refractivity (Wildman–Crippen MR) is 409 cm³/mol. The Morgan fingerprint density at radius 2 is 0.464 bits per heavy atom. The van der Waals surface area contributed by atoms with Crippen molar-refractivity contribution in [2.75, 3.05) is 0 Å². The Labute approximate surface area is 558 Å². The summed E-state index contributed by atoms with van der Waals surface area (Å²) in [6.07, 6.45) is 0. The minimum absolute atomic E-state index is 0.904. The normalized spacial score (nSPS) is 11.9. The van der Waals surface area contributed by atoms with Crippen molar-refractivity contribution in [2.24, 2.45) is 0 Å². The smallest absolute Gasteiger partial charge is 0.136 e. The molecule has 0 N–H and O–H groups in total. The van der Waals surface area contributed by atoms with Crippen LogP contribution >= 0.6 is 0 Å². The van der Waals surface area contributed by atoms with Gasteiger partial charge in [-0.15, -0.1) is 0 Å². The van der Waals surface area contributed by atoms with E-state index >= 15 is 0 Å². The maximum Gasteiger partial charge on any atom is 0.136 e. The molecule has 5 heterocycles. The first-order chi connectivity index (χ1) is 48.2. The van der Waals surface area contributed by atoms with Gasteiger partial charge in [-0.1, -0.05) is 261 Å². The van der Waals surface area contributed by atoms with Gasteiger partial charge in [0.25, 0.3) is 0 Å². The van der Waals surface area contributed by atoms with E-state index in [0.717, 1.165) is 50.3 Å².